The second-order valence-electron chi connectivity index (χ2n) is 4.50. The van der Waals surface area contributed by atoms with Crippen LogP contribution in [0.3, 0.4) is 0 Å². The van der Waals surface area contributed by atoms with Crippen molar-refractivity contribution in [1.82, 2.24) is 9.78 Å². The van der Waals surface area contributed by atoms with E-state index in [-0.39, 0.29) is 5.97 Å². The van der Waals surface area contributed by atoms with E-state index in [1.54, 1.807) is 4.68 Å². The highest BCUT2D eigenvalue weighted by molar-refractivity contribution is 5.81. The molecule has 1 heterocycles. The van der Waals surface area contributed by atoms with Gasteiger partial charge in [0.2, 0.25) is 0 Å². The lowest BCUT2D eigenvalue weighted by Gasteiger charge is -2.15. The lowest BCUT2D eigenvalue weighted by molar-refractivity contribution is -0.143. The highest BCUT2D eigenvalue weighted by atomic mass is 16.5. The van der Waals surface area contributed by atoms with Crippen molar-refractivity contribution in [2.24, 2.45) is 0 Å². The van der Waals surface area contributed by atoms with Crippen molar-refractivity contribution >= 4 is 16.9 Å². The van der Waals surface area contributed by atoms with E-state index in [1.807, 2.05) is 60.8 Å². The summed E-state index contributed by atoms with van der Waals surface area (Å²) in [4.78, 5) is 12.1. The first-order valence-corrected chi connectivity index (χ1v) is 6.36. The Morgan fingerprint density at radius 3 is 2.50 bits per heavy atom. The Balaban J connectivity index is 2.12. The van der Waals surface area contributed by atoms with Crippen LogP contribution in [0.2, 0.25) is 0 Å². The summed E-state index contributed by atoms with van der Waals surface area (Å²) < 4.78 is 6.58. The third-order valence-corrected chi connectivity index (χ3v) is 3.24. The average Bonchev–Trinajstić information content (AvgIpc) is 2.91. The van der Waals surface area contributed by atoms with Crippen LogP contribution in [-0.2, 0) is 9.53 Å². The summed E-state index contributed by atoms with van der Waals surface area (Å²) in [6, 6.07) is 16.7. The van der Waals surface area contributed by atoms with E-state index in [2.05, 4.69) is 5.10 Å². The zero-order valence-electron chi connectivity index (χ0n) is 11.1. The second-order valence-corrected chi connectivity index (χ2v) is 4.50. The fourth-order valence-electron chi connectivity index (χ4n) is 2.26. The number of ether oxygens (including phenoxy) is 1. The molecule has 3 rings (SSSR count). The number of hydrogen-bond donors (Lipinski definition) is 0. The first kappa shape index (κ1) is 12.4. The van der Waals surface area contributed by atoms with Crippen LogP contribution in [0.15, 0.2) is 60.8 Å². The Kier molecular flexibility index (Phi) is 3.21. The molecule has 0 radical (unpaired) electrons. The Hall–Kier alpha value is -2.62. The van der Waals surface area contributed by atoms with Gasteiger partial charge in [-0.2, -0.15) is 5.10 Å². The fraction of sp³-hybridized carbons (Fsp3) is 0.125. The number of esters is 1. The molecule has 1 atom stereocenters. The van der Waals surface area contributed by atoms with Crippen molar-refractivity contribution < 1.29 is 9.53 Å². The zero-order valence-corrected chi connectivity index (χ0v) is 11.1. The summed E-state index contributed by atoms with van der Waals surface area (Å²) in [6.07, 6.45) is 1.86. The van der Waals surface area contributed by atoms with Gasteiger partial charge < -0.3 is 4.74 Å². The van der Waals surface area contributed by atoms with Crippen LogP contribution in [0, 0.1) is 0 Å². The van der Waals surface area contributed by atoms with E-state index in [0.29, 0.717) is 0 Å². The number of benzene rings is 2. The van der Waals surface area contributed by atoms with Gasteiger partial charge in [0.1, 0.15) is 0 Å². The molecule has 4 heteroatoms. The van der Waals surface area contributed by atoms with E-state index in [4.69, 9.17) is 4.74 Å². The van der Waals surface area contributed by atoms with Crippen LogP contribution in [-0.4, -0.2) is 22.9 Å². The predicted octanol–water partition coefficient (Wildman–Crippen LogP) is 2.80. The smallest absolute Gasteiger partial charge is 0.335 e. The molecule has 2 aromatic carbocycles. The van der Waals surface area contributed by atoms with Gasteiger partial charge in [0.25, 0.3) is 0 Å². The molecule has 1 aromatic heterocycles. The molecule has 0 amide bonds. The number of hydrogen-bond acceptors (Lipinski definition) is 3. The van der Waals surface area contributed by atoms with Crippen molar-refractivity contribution in [3.05, 3.63) is 66.4 Å². The third kappa shape index (κ3) is 2.16. The van der Waals surface area contributed by atoms with E-state index in [1.165, 1.54) is 7.11 Å². The minimum Gasteiger partial charge on any atom is -0.467 e. The summed E-state index contributed by atoms with van der Waals surface area (Å²) in [5.74, 6) is -0.330. The van der Waals surface area contributed by atoms with Gasteiger partial charge in [-0.15, -0.1) is 0 Å². The van der Waals surface area contributed by atoms with Gasteiger partial charge in [-0.25, -0.2) is 4.79 Å². The molecule has 0 aliphatic heterocycles. The van der Waals surface area contributed by atoms with E-state index < -0.39 is 6.04 Å². The normalized spacial score (nSPS) is 12.2. The maximum absolute atomic E-state index is 12.1. The lowest BCUT2D eigenvalue weighted by Crippen LogP contribution is -2.22. The van der Waals surface area contributed by atoms with Gasteiger partial charge in [0.05, 0.1) is 12.6 Å². The molecular weight excluding hydrogens is 252 g/mol. The summed E-state index contributed by atoms with van der Waals surface area (Å²) >= 11 is 0. The molecule has 3 aromatic rings. The minimum absolute atomic E-state index is 0.330. The number of carbonyl (C=O) groups is 1. The lowest BCUT2D eigenvalue weighted by atomic mass is 10.1. The fourth-order valence-corrected chi connectivity index (χ4v) is 2.26. The molecule has 0 aliphatic carbocycles. The second kappa shape index (κ2) is 5.17. The monoisotopic (exact) mass is 266 g/mol. The largest absolute Gasteiger partial charge is 0.467 e. The van der Waals surface area contributed by atoms with E-state index in [0.717, 1.165) is 16.5 Å². The molecule has 0 bridgehead atoms. The van der Waals surface area contributed by atoms with Crippen molar-refractivity contribution in [2.45, 2.75) is 6.04 Å². The summed E-state index contributed by atoms with van der Waals surface area (Å²) in [6.45, 7) is 0. The van der Waals surface area contributed by atoms with E-state index in [9.17, 15) is 4.79 Å². The number of fused-ring (bicyclic) bond motifs is 1. The number of rotatable bonds is 3. The maximum atomic E-state index is 12.1. The predicted molar refractivity (Wildman–Crippen MR) is 76.3 cm³/mol. The standard InChI is InChI=1S/C16H14N2O2/c1-20-16(19)15(12-7-3-2-4-8-12)18-11-13-9-5-6-10-14(13)17-18/h2-11,15H,1H3/t15-/m1/s1. The van der Waals surface area contributed by atoms with Gasteiger partial charge in [-0.1, -0.05) is 48.5 Å². The van der Waals surface area contributed by atoms with Crippen LogP contribution >= 0.6 is 0 Å². The number of methoxy groups -OCH3 is 1. The molecule has 0 aliphatic rings. The molecule has 0 unspecified atom stereocenters. The molecule has 0 N–H and O–H groups in total. The Bertz CT molecular complexity index is 701. The Morgan fingerprint density at radius 1 is 1.10 bits per heavy atom. The number of aromatic nitrogens is 2. The molecule has 0 spiro atoms. The maximum Gasteiger partial charge on any atom is 0.335 e. The number of carbonyl (C=O) groups excluding carboxylic acids is 1. The third-order valence-electron chi connectivity index (χ3n) is 3.24. The molecule has 100 valence electrons. The highest BCUT2D eigenvalue weighted by Gasteiger charge is 2.24. The highest BCUT2D eigenvalue weighted by Crippen LogP contribution is 2.22. The topological polar surface area (TPSA) is 44.1 Å². The molecular formula is C16H14N2O2. The Morgan fingerprint density at radius 2 is 1.80 bits per heavy atom. The molecule has 4 nitrogen and oxygen atoms in total. The van der Waals surface area contributed by atoms with Crippen LogP contribution < -0.4 is 0 Å². The van der Waals surface area contributed by atoms with Crippen LogP contribution in [0.5, 0.6) is 0 Å². The van der Waals surface area contributed by atoms with Crippen molar-refractivity contribution in [2.75, 3.05) is 7.11 Å². The minimum atomic E-state index is -0.561. The van der Waals surface area contributed by atoms with Crippen molar-refractivity contribution in [3.63, 3.8) is 0 Å². The first-order valence-electron chi connectivity index (χ1n) is 6.36. The van der Waals surface area contributed by atoms with Crippen molar-refractivity contribution in [3.8, 4) is 0 Å². The van der Waals surface area contributed by atoms with Crippen LogP contribution in [0.4, 0.5) is 0 Å². The molecule has 20 heavy (non-hydrogen) atoms. The average molecular weight is 266 g/mol. The summed E-state index contributed by atoms with van der Waals surface area (Å²) in [5, 5.41) is 5.47. The van der Waals surface area contributed by atoms with Gasteiger partial charge in [-0.3, -0.25) is 4.68 Å². The molecule has 0 saturated heterocycles. The van der Waals surface area contributed by atoms with Crippen LogP contribution in [0.25, 0.3) is 10.9 Å². The van der Waals surface area contributed by atoms with Gasteiger partial charge in [-0.05, 0) is 11.6 Å². The zero-order chi connectivity index (χ0) is 13.9. The SMILES string of the molecule is COC(=O)[C@@H](c1ccccc1)n1cc2ccccc2n1. The van der Waals surface area contributed by atoms with Gasteiger partial charge in [0, 0.05) is 11.6 Å². The summed E-state index contributed by atoms with van der Waals surface area (Å²) in [5.41, 5.74) is 1.71. The quantitative estimate of drug-likeness (QED) is 0.685. The van der Waals surface area contributed by atoms with Gasteiger partial charge in [0.15, 0.2) is 6.04 Å². The Labute approximate surface area is 116 Å². The number of nitrogens with zero attached hydrogens (tertiary/aromatic N) is 2. The first-order chi connectivity index (χ1) is 9.79. The molecule has 0 fully saturated rings. The molecule has 0 saturated carbocycles. The van der Waals surface area contributed by atoms with Gasteiger partial charge >= 0.3 is 5.97 Å². The summed E-state index contributed by atoms with van der Waals surface area (Å²) in [7, 11) is 1.39. The van der Waals surface area contributed by atoms with E-state index >= 15 is 0 Å². The van der Waals surface area contributed by atoms with Crippen molar-refractivity contribution in [1.29, 1.82) is 0 Å². The van der Waals surface area contributed by atoms with Crippen LogP contribution in [0.1, 0.15) is 11.6 Å².